The van der Waals surface area contributed by atoms with E-state index < -0.39 is 5.97 Å². The molecule has 0 saturated heterocycles. The second kappa shape index (κ2) is 9.39. The normalized spacial score (nSPS) is 10.8. The molecule has 0 radical (unpaired) electrons. The highest BCUT2D eigenvalue weighted by Crippen LogP contribution is 2.27. The number of nitrogens with zero attached hydrogens (tertiary/aromatic N) is 1. The summed E-state index contributed by atoms with van der Waals surface area (Å²) >= 11 is 3.46. The van der Waals surface area contributed by atoms with Crippen LogP contribution in [0.1, 0.15) is 21.5 Å². The van der Waals surface area contributed by atoms with Gasteiger partial charge in [0.15, 0.2) is 0 Å². The van der Waals surface area contributed by atoms with Gasteiger partial charge in [-0.25, -0.2) is 9.78 Å². The molecule has 33 heavy (non-hydrogen) atoms. The summed E-state index contributed by atoms with van der Waals surface area (Å²) < 4.78 is 6.74. The van der Waals surface area contributed by atoms with Crippen LogP contribution in [0.15, 0.2) is 114 Å². The highest BCUT2D eigenvalue weighted by molar-refractivity contribution is 9.10. The second-order valence-electron chi connectivity index (χ2n) is 7.77. The van der Waals surface area contributed by atoms with Gasteiger partial charge in [-0.3, -0.25) is 0 Å². The van der Waals surface area contributed by atoms with Gasteiger partial charge in [0, 0.05) is 15.4 Å². The smallest absolute Gasteiger partial charge is 0.344 e. The van der Waals surface area contributed by atoms with Crippen molar-refractivity contribution in [1.82, 2.24) is 4.98 Å². The van der Waals surface area contributed by atoms with Gasteiger partial charge in [0.25, 0.3) is 0 Å². The maximum Gasteiger partial charge on any atom is 0.344 e. The van der Waals surface area contributed by atoms with E-state index in [4.69, 9.17) is 9.72 Å². The van der Waals surface area contributed by atoms with Gasteiger partial charge in [0.2, 0.25) is 0 Å². The number of hydrogen-bond acceptors (Lipinski definition) is 3. The molecule has 0 aliphatic carbocycles. The van der Waals surface area contributed by atoms with Crippen LogP contribution in [0.3, 0.4) is 0 Å². The number of para-hydroxylation sites is 1. The number of carbonyl (C=O) groups is 1. The third-order valence-corrected chi connectivity index (χ3v) is 5.99. The molecule has 5 aromatic rings. The molecule has 0 saturated carbocycles. The van der Waals surface area contributed by atoms with Crippen molar-refractivity contribution in [2.24, 2.45) is 0 Å². The molecule has 0 N–H and O–H groups in total. The quantitative estimate of drug-likeness (QED) is 0.188. The highest BCUT2D eigenvalue weighted by atomic mass is 79.9. The Kier molecular flexibility index (Phi) is 6.01. The fourth-order valence-corrected chi connectivity index (χ4v) is 4.05. The lowest BCUT2D eigenvalue weighted by atomic mass is 10.0. The summed E-state index contributed by atoms with van der Waals surface area (Å²) in [5, 5.41) is 0.768. The summed E-state index contributed by atoms with van der Waals surface area (Å²) in [4.78, 5) is 17.9. The summed E-state index contributed by atoms with van der Waals surface area (Å²) in [6.07, 6.45) is 0.834. The van der Waals surface area contributed by atoms with E-state index in [-0.39, 0.29) is 0 Å². The highest BCUT2D eigenvalue weighted by Gasteiger charge is 2.16. The zero-order valence-corrected chi connectivity index (χ0v) is 19.3. The topological polar surface area (TPSA) is 39.2 Å². The molecule has 0 fully saturated rings. The number of halogens is 1. The van der Waals surface area contributed by atoms with Gasteiger partial charge < -0.3 is 4.74 Å². The lowest BCUT2D eigenvalue weighted by Gasteiger charge is -2.11. The number of benzene rings is 4. The third kappa shape index (κ3) is 4.86. The molecule has 1 aromatic heterocycles. The molecule has 0 atom stereocenters. The average molecular weight is 494 g/mol. The van der Waals surface area contributed by atoms with E-state index in [9.17, 15) is 4.79 Å². The van der Waals surface area contributed by atoms with Crippen molar-refractivity contribution in [3.8, 4) is 17.0 Å². The maximum atomic E-state index is 13.2. The Morgan fingerprint density at radius 1 is 0.758 bits per heavy atom. The molecule has 0 spiro atoms. The Labute approximate surface area is 200 Å². The molecular weight excluding hydrogens is 474 g/mol. The molecule has 0 bridgehead atoms. The minimum absolute atomic E-state index is 0.400. The minimum Gasteiger partial charge on any atom is -0.423 e. The third-order valence-electron chi connectivity index (χ3n) is 5.46. The summed E-state index contributed by atoms with van der Waals surface area (Å²) in [6.45, 7) is 0. The van der Waals surface area contributed by atoms with Crippen molar-refractivity contribution < 1.29 is 9.53 Å². The van der Waals surface area contributed by atoms with Crippen molar-refractivity contribution >= 4 is 32.8 Å². The number of aromatic nitrogens is 1. The SMILES string of the molecule is O=C(Oc1ccc(Cc2ccccc2)cc1)c1cc(-c2ccc(Br)cc2)nc2ccccc12. The van der Waals surface area contributed by atoms with E-state index in [1.54, 1.807) is 6.07 Å². The van der Waals surface area contributed by atoms with Crippen molar-refractivity contribution in [2.75, 3.05) is 0 Å². The van der Waals surface area contributed by atoms with E-state index in [2.05, 4.69) is 28.1 Å². The Morgan fingerprint density at radius 3 is 2.18 bits per heavy atom. The predicted octanol–water partition coefficient (Wildman–Crippen LogP) is 7.47. The summed E-state index contributed by atoms with van der Waals surface area (Å²) in [6, 6.07) is 35.3. The molecule has 0 aliphatic rings. The van der Waals surface area contributed by atoms with Crippen LogP contribution in [0.4, 0.5) is 0 Å². The Balaban J connectivity index is 1.42. The molecule has 160 valence electrons. The average Bonchev–Trinajstić information content (AvgIpc) is 2.85. The molecule has 5 rings (SSSR count). The summed E-state index contributed by atoms with van der Waals surface area (Å²) in [5.74, 6) is 0.116. The van der Waals surface area contributed by atoms with E-state index in [0.29, 0.717) is 11.3 Å². The fourth-order valence-electron chi connectivity index (χ4n) is 3.78. The van der Waals surface area contributed by atoms with Crippen molar-refractivity contribution in [3.05, 3.63) is 130 Å². The van der Waals surface area contributed by atoms with Crippen molar-refractivity contribution in [1.29, 1.82) is 0 Å². The van der Waals surface area contributed by atoms with Crippen LogP contribution in [-0.4, -0.2) is 11.0 Å². The molecule has 0 aliphatic heterocycles. The monoisotopic (exact) mass is 493 g/mol. The Morgan fingerprint density at radius 2 is 1.42 bits per heavy atom. The summed E-state index contributed by atoms with van der Waals surface area (Å²) in [5.41, 5.74) is 5.31. The lowest BCUT2D eigenvalue weighted by Crippen LogP contribution is -2.10. The number of esters is 1. The molecular formula is C29H20BrNO2. The zero-order valence-electron chi connectivity index (χ0n) is 17.7. The van der Waals surface area contributed by atoms with Crippen LogP contribution in [0.5, 0.6) is 5.75 Å². The fraction of sp³-hybridized carbons (Fsp3) is 0.0345. The number of rotatable bonds is 5. The van der Waals surface area contributed by atoms with Gasteiger partial charge in [0.05, 0.1) is 16.8 Å². The van der Waals surface area contributed by atoms with Gasteiger partial charge in [-0.2, -0.15) is 0 Å². The summed E-state index contributed by atoms with van der Waals surface area (Å²) in [7, 11) is 0. The second-order valence-corrected chi connectivity index (χ2v) is 8.69. The molecule has 3 nitrogen and oxygen atoms in total. The van der Waals surface area contributed by atoms with Crippen LogP contribution >= 0.6 is 15.9 Å². The van der Waals surface area contributed by atoms with Gasteiger partial charge in [-0.1, -0.05) is 88.7 Å². The first-order valence-corrected chi connectivity index (χ1v) is 11.5. The Bertz CT molecular complexity index is 1410. The largest absolute Gasteiger partial charge is 0.423 e. The first kappa shape index (κ1) is 21.1. The van der Waals surface area contributed by atoms with Crippen LogP contribution in [0.25, 0.3) is 22.2 Å². The minimum atomic E-state index is -0.400. The molecule has 1 heterocycles. The van der Waals surface area contributed by atoms with E-state index in [1.807, 2.05) is 91.0 Å². The van der Waals surface area contributed by atoms with E-state index >= 15 is 0 Å². The van der Waals surface area contributed by atoms with Crippen LogP contribution in [0, 0.1) is 0 Å². The van der Waals surface area contributed by atoms with Crippen LogP contribution in [-0.2, 0) is 6.42 Å². The zero-order chi connectivity index (χ0) is 22.6. The molecule has 0 amide bonds. The number of carbonyl (C=O) groups excluding carboxylic acids is 1. The number of pyridine rings is 1. The first-order valence-electron chi connectivity index (χ1n) is 10.7. The lowest BCUT2D eigenvalue weighted by molar-refractivity contribution is 0.0737. The van der Waals surface area contributed by atoms with Crippen LogP contribution < -0.4 is 4.74 Å². The van der Waals surface area contributed by atoms with E-state index in [0.717, 1.165) is 38.6 Å². The van der Waals surface area contributed by atoms with Crippen LogP contribution in [0.2, 0.25) is 0 Å². The number of ether oxygens (including phenoxy) is 1. The first-order chi connectivity index (χ1) is 16.2. The van der Waals surface area contributed by atoms with E-state index in [1.165, 1.54) is 5.56 Å². The van der Waals surface area contributed by atoms with Gasteiger partial charge in [-0.05, 0) is 53.9 Å². The number of hydrogen-bond donors (Lipinski definition) is 0. The van der Waals surface area contributed by atoms with Gasteiger partial charge >= 0.3 is 5.97 Å². The van der Waals surface area contributed by atoms with Gasteiger partial charge in [-0.15, -0.1) is 0 Å². The van der Waals surface area contributed by atoms with Crippen molar-refractivity contribution in [3.63, 3.8) is 0 Å². The molecule has 4 heteroatoms. The number of fused-ring (bicyclic) bond motifs is 1. The molecule has 0 unspecified atom stereocenters. The van der Waals surface area contributed by atoms with Gasteiger partial charge in [0.1, 0.15) is 5.75 Å². The standard InChI is InChI=1S/C29H20BrNO2/c30-23-14-12-22(13-15-23)28-19-26(25-8-4-5-9-27(25)31-28)29(32)33-24-16-10-21(11-17-24)18-20-6-2-1-3-7-20/h1-17,19H,18H2. The predicted molar refractivity (Wildman–Crippen MR) is 136 cm³/mol. The maximum absolute atomic E-state index is 13.2. The Hall–Kier alpha value is -3.76. The molecule has 4 aromatic carbocycles. The van der Waals surface area contributed by atoms with Crippen molar-refractivity contribution in [2.45, 2.75) is 6.42 Å².